The van der Waals surface area contributed by atoms with Gasteiger partial charge in [0.05, 0.1) is 112 Å². The van der Waals surface area contributed by atoms with E-state index in [0.717, 1.165) is 0 Å². The van der Waals surface area contributed by atoms with Crippen LogP contribution in [0.2, 0.25) is 0 Å². The van der Waals surface area contributed by atoms with Crippen molar-refractivity contribution in [2.45, 2.75) is 0 Å². The summed E-state index contributed by atoms with van der Waals surface area (Å²) in [4.78, 5) is 0. The summed E-state index contributed by atoms with van der Waals surface area (Å²) in [6.45, 7) is 9.39. The molecular formula is C21H40O10. The molecule has 0 spiro atoms. The maximum atomic E-state index is 5.42. The summed E-state index contributed by atoms with van der Waals surface area (Å²) >= 11 is 0. The van der Waals surface area contributed by atoms with Crippen LogP contribution in [0.1, 0.15) is 0 Å². The highest BCUT2D eigenvalue weighted by molar-refractivity contribution is 4.67. The molecule has 0 aliphatic carbocycles. The lowest BCUT2D eigenvalue weighted by molar-refractivity contribution is -0.0248. The normalized spacial score (nSPS) is 11.0. The van der Waals surface area contributed by atoms with E-state index in [0.29, 0.717) is 119 Å². The van der Waals surface area contributed by atoms with Gasteiger partial charge in [-0.1, -0.05) is 6.42 Å². The van der Waals surface area contributed by atoms with E-state index in [1.54, 1.807) is 7.11 Å². The molecule has 0 bridgehead atoms. The van der Waals surface area contributed by atoms with E-state index in [2.05, 4.69) is 6.11 Å². The average Bonchev–Trinajstić information content (AvgIpc) is 2.78. The van der Waals surface area contributed by atoms with Crippen molar-refractivity contribution in [1.82, 2.24) is 0 Å². The van der Waals surface area contributed by atoms with Gasteiger partial charge >= 0.3 is 0 Å². The number of hydrogen-bond acceptors (Lipinski definition) is 10. The summed E-state index contributed by atoms with van der Waals surface area (Å²) < 4.78 is 52.4. The fourth-order valence-corrected chi connectivity index (χ4v) is 1.94. The molecule has 0 radical (unpaired) electrons. The molecule has 0 aromatic rings. The average molecular weight is 453 g/mol. The van der Waals surface area contributed by atoms with Crippen LogP contribution in [0.4, 0.5) is 0 Å². The van der Waals surface area contributed by atoms with Gasteiger partial charge in [0, 0.05) is 7.11 Å². The van der Waals surface area contributed by atoms with Gasteiger partial charge in [-0.15, -0.1) is 0 Å². The van der Waals surface area contributed by atoms with Crippen LogP contribution in [0.3, 0.4) is 0 Å². The zero-order valence-electron chi connectivity index (χ0n) is 18.9. The first-order valence-electron chi connectivity index (χ1n) is 10.6. The van der Waals surface area contributed by atoms with Crippen LogP contribution < -0.4 is 0 Å². The molecule has 0 aromatic heterocycles. The van der Waals surface area contributed by atoms with Crippen LogP contribution in [0.25, 0.3) is 0 Å². The summed E-state index contributed by atoms with van der Waals surface area (Å²) in [6, 6.07) is 0. The molecule has 0 atom stereocenters. The van der Waals surface area contributed by atoms with Crippen molar-refractivity contribution in [3.63, 3.8) is 0 Å². The lowest BCUT2D eigenvalue weighted by Gasteiger charge is -2.08. The second-order valence-electron chi connectivity index (χ2n) is 5.86. The maximum absolute atomic E-state index is 5.42. The molecule has 0 amide bonds. The highest BCUT2D eigenvalue weighted by atomic mass is 16.6. The van der Waals surface area contributed by atoms with E-state index in [4.69, 9.17) is 53.8 Å². The second kappa shape index (κ2) is 29.0. The zero-order valence-corrected chi connectivity index (χ0v) is 18.9. The van der Waals surface area contributed by atoms with Gasteiger partial charge in [-0.3, -0.25) is 0 Å². The van der Waals surface area contributed by atoms with Crippen LogP contribution >= 0.6 is 0 Å². The van der Waals surface area contributed by atoms with Gasteiger partial charge in [0.25, 0.3) is 0 Å². The van der Waals surface area contributed by atoms with Crippen molar-refractivity contribution in [2.75, 3.05) is 126 Å². The molecule has 0 aromatic carbocycles. The number of terminal acetylenes is 1. The second-order valence-corrected chi connectivity index (χ2v) is 5.86. The predicted molar refractivity (Wildman–Crippen MR) is 113 cm³/mol. The molecule has 0 unspecified atom stereocenters. The van der Waals surface area contributed by atoms with E-state index in [1.165, 1.54) is 0 Å². The Balaban J connectivity index is 2.99. The van der Waals surface area contributed by atoms with Gasteiger partial charge in [-0.05, 0) is 0 Å². The van der Waals surface area contributed by atoms with Crippen molar-refractivity contribution in [2.24, 2.45) is 0 Å². The van der Waals surface area contributed by atoms with Gasteiger partial charge in [-0.25, -0.2) is 0 Å². The van der Waals surface area contributed by atoms with Crippen molar-refractivity contribution in [3.8, 4) is 12.5 Å². The van der Waals surface area contributed by atoms with E-state index >= 15 is 0 Å². The van der Waals surface area contributed by atoms with Gasteiger partial charge in [0.1, 0.15) is 12.7 Å². The molecule has 184 valence electrons. The Morgan fingerprint density at radius 1 is 0.387 bits per heavy atom. The minimum Gasteiger partial charge on any atom is -0.444 e. The molecule has 0 saturated heterocycles. The molecule has 0 aliphatic rings. The third kappa shape index (κ3) is 29.0. The first-order chi connectivity index (χ1) is 15.4. The van der Waals surface area contributed by atoms with Crippen LogP contribution in [-0.2, 0) is 47.4 Å². The number of ether oxygens (including phenoxy) is 10. The smallest absolute Gasteiger partial charge is 0.123 e. The molecule has 0 saturated carbocycles. The first-order valence-corrected chi connectivity index (χ1v) is 10.6. The SMILES string of the molecule is C#COCCOCCOCCOCCOCCOCCOCCOCCOCCOC. The Bertz CT molecular complexity index is 365. The summed E-state index contributed by atoms with van der Waals surface area (Å²) in [5.74, 6) is 0. The van der Waals surface area contributed by atoms with E-state index in [1.807, 2.05) is 0 Å². The van der Waals surface area contributed by atoms with Crippen LogP contribution in [0, 0.1) is 12.5 Å². The molecule has 10 nitrogen and oxygen atoms in total. The van der Waals surface area contributed by atoms with Gasteiger partial charge in [0.2, 0.25) is 0 Å². The molecular weight excluding hydrogens is 412 g/mol. The molecule has 0 rings (SSSR count). The third-order valence-corrected chi connectivity index (χ3v) is 3.45. The van der Waals surface area contributed by atoms with Crippen molar-refractivity contribution in [1.29, 1.82) is 0 Å². The zero-order chi connectivity index (χ0) is 22.5. The predicted octanol–water partition coefficient (Wildman–Crippen LogP) is 0.373. The largest absolute Gasteiger partial charge is 0.444 e. The highest BCUT2D eigenvalue weighted by Crippen LogP contribution is 1.86. The Labute approximate surface area is 186 Å². The minimum absolute atomic E-state index is 0.390. The van der Waals surface area contributed by atoms with Gasteiger partial charge in [-0.2, -0.15) is 0 Å². The van der Waals surface area contributed by atoms with E-state index < -0.39 is 0 Å². The van der Waals surface area contributed by atoms with Crippen molar-refractivity contribution in [3.05, 3.63) is 0 Å². The minimum atomic E-state index is 0.390. The molecule has 0 fully saturated rings. The van der Waals surface area contributed by atoms with Gasteiger partial charge in [0.15, 0.2) is 0 Å². The van der Waals surface area contributed by atoms with Crippen LogP contribution in [0.5, 0.6) is 0 Å². The monoisotopic (exact) mass is 452 g/mol. The topological polar surface area (TPSA) is 92.3 Å². The highest BCUT2D eigenvalue weighted by Gasteiger charge is 1.95. The summed E-state index contributed by atoms with van der Waals surface area (Å²) in [6.07, 6.45) is 7.02. The standard InChI is InChI=1S/C21H40O10/c1-3-23-6-7-25-10-11-27-14-15-29-18-19-31-21-20-30-17-16-28-13-12-26-9-8-24-5-4-22-2/h1H,4-21H2,2H3. The van der Waals surface area contributed by atoms with Crippen LogP contribution in [-0.4, -0.2) is 126 Å². The molecule has 0 heterocycles. The van der Waals surface area contributed by atoms with Gasteiger partial charge < -0.3 is 47.4 Å². The Morgan fingerprint density at radius 2 is 0.613 bits per heavy atom. The lowest BCUT2D eigenvalue weighted by Crippen LogP contribution is -2.15. The molecule has 0 N–H and O–H groups in total. The summed E-state index contributed by atoms with van der Waals surface area (Å²) in [5.41, 5.74) is 0. The number of methoxy groups -OCH3 is 1. The third-order valence-electron chi connectivity index (χ3n) is 3.45. The van der Waals surface area contributed by atoms with E-state index in [9.17, 15) is 0 Å². The lowest BCUT2D eigenvalue weighted by atomic mass is 10.6. The van der Waals surface area contributed by atoms with Crippen molar-refractivity contribution < 1.29 is 47.4 Å². The molecule has 10 heteroatoms. The Hall–Kier alpha value is -1.00. The number of rotatable bonds is 27. The fourth-order valence-electron chi connectivity index (χ4n) is 1.94. The van der Waals surface area contributed by atoms with Crippen molar-refractivity contribution >= 4 is 0 Å². The fraction of sp³-hybridized carbons (Fsp3) is 0.905. The maximum Gasteiger partial charge on any atom is 0.123 e. The Kier molecular flexibility index (Phi) is 28.1. The van der Waals surface area contributed by atoms with Crippen LogP contribution in [0.15, 0.2) is 0 Å². The molecule has 31 heavy (non-hydrogen) atoms. The quantitative estimate of drug-likeness (QED) is 0.129. The first kappa shape index (κ1) is 30.0. The Morgan fingerprint density at radius 3 is 0.839 bits per heavy atom. The summed E-state index contributed by atoms with van der Waals surface area (Å²) in [7, 11) is 1.64. The number of hydrogen-bond donors (Lipinski definition) is 0. The summed E-state index contributed by atoms with van der Waals surface area (Å²) in [5, 5.41) is 0. The van der Waals surface area contributed by atoms with E-state index in [-0.39, 0.29) is 0 Å². The molecule has 0 aliphatic heterocycles.